The molecule has 0 aliphatic rings. The number of amides is 1. The topological polar surface area (TPSA) is 41.1 Å². The van der Waals surface area contributed by atoms with Gasteiger partial charge in [-0.05, 0) is 45.1 Å². The third-order valence-electron chi connectivity index (χ3n) is 9.58. The van der Waals surface area contributed by atoms with E-state index in [9.17, 15) is 4.79 Å². The summed E-state index contributed by atoms with van der Waals surface area (Å²) in [5, 5.41) is 7.24. The van der Waals surface area contributed by atoms with E-state index in [4.69, 9.17) is 0 Å². The van der Waals surface area contributed by atoms with Crippen molar-refractivity contribution >= 4 is 5.91 Å². The van der Waals surface area contributed by atoms with Crippen LogP contribution in [0.3, 0.4) is 0 Å². The van der Waals surface area contributed by atoms with E-state index in [-0.39, 0.29) is 5.92 Å². The highest BCUT2D eigenvalue weighted by atomic mass is 16.1. The molecule has 2 N–H and O–H groups in total. The molecule has 0 aromatic heterocycles. The van der Waals surface area contributed by atoms with Crippen molar-refractivity contribution in [1.82, 2.24) is 10.6 Å². The van der Waals surface area contributed by atoms with Crippen LogP contribution in [0.2, 0.25) is 0 Å². The van der Waals surface area contributed by atoms with E-state index >= 15 is 0 Å². The molecule has 0 spiro atoms. The Morgan fingerprint density at radius 3 is 1.16 bits per heavy atom. The van der Waals surface area contributed by atoms with E-state index in [0.717, 1.165) is 31.8 Å². The van der Waals surface area contributed by atoms with Crippen LogP contribution in [-0.4, -0.2) is 25.0 Å². The van der Waals surface area contributed by atoms with Gasteiger partial charge in [-0.25, -0.2) is 0 Å². The molecule has 0 aromatic rings. The molecule has 0 saturated carbocycles. The Labute approximate surface area is 272 Å². The number of carbonyl (C=O) groups excluding carboxylic acids is 1. The summed E-state index contributed by atoms with van der Waals surface area (Å²) in [5.41, 5.74) is 0. The Kier molecular flexibility index (Phi) is 35.4. The molecular weight excluding hydrogens is 524 g/mol. The van der Waals surface area contributed by atoms with E-state index in [1.165, 1.54) is 186 Å². The van der Waals surface area contributed by atoms with Crippen LogP contribution in [0, 0.1) is 5.92 Å². The standard InChI is InChI=1S/C40H82N2O/c1-5-9-13-22-28-34-39(35-29-23-14-10-6-2)41-36-30-24-20-18-17-19-21-25-31-37-42-40(43)38(32-26-15-11-7-3)33-27-16-12-8-4/h38-39,41H,5-37H2,1-4H3,(H,42,43). The van der Waals surface area contributed by atoms with Crippen LogP contribution >= 0.6 is 0 Å². The fourth-order valence-corrected chi connectivity index (χ4v) is 6.53. The average molecular weight is 607 g/mol. The zero-order valence-corrected chi connectivity index (χ0v) is 30.4. The molecule has 3 nitrogen and oxygen atoms in total. The van der Waals surface area contributed by atoms with Crippen LogP contribution in [-0.2, 0) is 4.79 Å². The average Bonchev–Trinajstić information content (AvgIpc) is 3.01. The Hall–Kier alpha value is -0.570. The van der Waals surface area contributed by atoms with Crippen molar-refractivity contribution in [2.75, 3.05) is 13.1 Å². The molecule has 0 aliphatic carbocycles. The summed E-state index contributed by atoms with van der Waals surface area (Å²) in [6.07, 6.45) is 41.2. The van der Waals surface area contributed by atoms with Crippen molar-refractivity contribution in [1.29, 1.82) is 0 Å². The second kappa shape index (κ2) is 35.9. The summed E-state index contributed by atoms with van der Waals surface area (Å²) in [7, 11) is 0. The van der Waals surface area contributed by atoms with Crippen LogP contribution in [0.25, 0.3) is 0 Å². The van der Waals surface area contributed by atoms with Crippen molar-refractivity contribution in [2.45, 2.75) is 233 Å². The summed E-state index contributed by atoms with van der Waals surface area (Å²) in [6, 6.07) is 0.760. The lowest BCUT2D eigenvalue weighted by atomic mass is 9.93. The molecule has 0 aromatic carbocycles. The highest BCUT2D eigenvalue weighted by molar-refractivity contribution is 5.78. The van der Waals surface area contributed by atoms with Gasteiger partial charge in [0.15, 0.2) is 0 Å². The Bertz CT molecular complexity index is 511. The quantitative estimate of drug-likeness (QED) is 0.0696. The first kappa shape index (κ1) is 42.4. The van der Waals surface area contributed by atoms with Gasteiger partial charge in [0.25, 0.3) is 0 Å². The van der Waals surface area contributed by atoms with Gasteiger partial charge in [0, 0.05) is 18.5 Å². The number of unbranched alkanes of at least 4 members (excludes halogenated alkanes) is 22. The lowest BCUT2D eigenvalue weighted by Crippen LogP contribution is -2.31. The summed E-state index contributed by atoms with van der Waals surface area (Å²) in [5.74, 6) is 0.591. The molecule has 0 saturated heterocycles. The molecule has 0 rings (SSSR count). The first-order valence-electron chi connectivity index (χ1n) is 20.2. The maximum atomic E-state index is 12.8. The van der Waals surface area contributed by atoms with Gasteiger partial charge in [0.1, 0.15) is 0 Å². The van der Waals surface area contributed by atoms with E-state index in [1.54, 1.807) is 0 Å². The summed E-state index contributed by atoms with van der Waals surface area (Å²) < 4.78 is 0. The third kappa shape index (κ3) is 31.2. The number of rotatable bonds is 36. The monoisotopic (exact) mass is 607 g/mol. The molecule has 43 heavy (non-hydrogen) atoms. The van der Waals surface area contributed by atoms with Crippen molar-refractivity contribution in [3.8, 4) is 0 Å². The Morgan fingerprint density at radius 2 is 0.721 bits per heavy atom. The second-order valence-corrected chi connectivity index (χ2v) is 13.9. The highest BCUT2D eigenvalue weighted by Crippen LogP contribution is 2.19. The lowest BCUT2D eigenvalue weighted by molar-refractivity contribution is -0.125. The third-order valence-corrected chi connectivity index (χ3v) is 9.58. The number of hydrogen-bond donors (Lipinski definition) is 2. The molecule has 0 atom stereocenters. The molecule has 0 aliphatic heterocycles. The van der Waals surface area contributed by atoms with Gasteiger partial charge in [0.2, 0.25) is 5.91 Å². The molecule has 1 amide bonds. The molecular formula is C40H82N2O. The Balaban J connectivity index is 3.85. The zero-order valence-electron chi connectivity index (χ0n) is 30.4. The molecule has 3 heteroatoms. The van der Waals surface area contributed by atoms with Crippen LogP contribution in [0.4, 0.5) is 0 Å². The smallest absolute Gasteiger partial charge is 0.223 e. The number of carbonyl (C=O) groups is 1. The van der Waals surface area contributed by atoms with Gasteiger partial charge in [-0.2, -0.15) is 0 Å². The van der Waals surface area contributed by atoms with Crippen LogP contribution in [0.15, 0.2) is 0 Å². The fourth-order valence-electron chi connectivity index (χ4n) is 6.53. The van der Waals surface area contributed by atoms with Crippen LogP contribution in [0.1, 0.15) is 227 Å². The minimum atomic E-state index is 0.251. The van der Waals surface area contributed by atoms with Crippen molar-refractivity contribution in [3.63, 3.8) is 0 Å². The normalized spacial score (nSPS) is 11.7. The van der Waals surface area contributed by atoms with E-state index in [2.05, 4.69) is 38.3 Å². The predicted octanol–water partition coefficient (Wildman–Crippen LogP) is 12.8. The van der Waals surface area contributed by atoms with Gasteiger partial charge in [-0.3, -0.25) is 4.79 Å². The Morgan fingerprint density at radius 1 is 0.395 bits per heavy atom. The number of hydrogen-bond acceptors (Lipinski definition) is 2. The SMILES string of the molecule is CCCCCCCC(CCCCCCC)NCCCCCCCCCCCNC(=O)C(CCCCCC)CCCCCC. The highest BCUT2D eigenvalue weighted by Gasteiger charge is 2.17. The molecule has 258 valence electrons. The van der Waals surface area contributed by atoms with Crippen molar-refractivity contribution in [2.24, 2.45) is 5.92 Å². The van der Waals surface area contributed by atoms with E-state index in [0.29, 0.717) is 5.91 Å². The maximum Gasteiger partial charge on any atom is 0.223 e. The van der Waals surface area contributed by atoms with Crippen LogP contribution < -0.4 is 10.6 Å². The van der Waals surface area contributed by atoms with Crippen molar-refractivity contribution < 1.29 is 4.79 Å². The lowest BCUT2D eigenvalue weighted by Gasteiger charge is -2.19. The summed E-state index contributed by atoms with van der Waals surface area (Å²) in [4.78, 5) is 12.8. The van der Waals surface area contributed by atoms with Gasteiger partial charge < -0.3 is 10.6 Å². The number of nitrogens with one attached hydrogen (secondary N) is 2. The fraction of sp³-hybridized carbons (Fsp3) is 0.975. The second-order valence-electron chi connectivity index (χ2n) is 13.9. The first-order chi connectivity index (χ1) is 21.2. The van der Waals surface area contributed by atoms with Crippen molar-refractivity contribution in [3.05, 3.63) is 0 Å². The van der Waals surface area contributed by atoms with Gasteiger partial charge in [-0.1, -0.05) is 188 Å². The molecule has 0 fully saturated rings. The molecule has 0 radical (unpaired) electrons. The van der Waals surface area contributed by atoms with E-state index in [1.807, 2.05) is 0 Å². The zero-order chi connectivity index (χ0) is 31.5. The first-order valence-corrected chi connectivity index (χ1v) is 20.2. The van der Waals surface area contributed by atoms with Gasteiger partial charge >= 0.3 is 0 Å². The van der Waals surface area contributed by atoms with Gasteiger partial charge in [-0.15, -0.1) is 0 Å². The predicted molar refractivity (Wildman–Crippen MR) is 194 cm³/mol. The largest absolute Gasteiger partial charge is 0.356 e. The molecule has 0 unspecified atom stereocenters. The maximum absolute atomic E-state index is 12.8. The minimum absolute atomic E-state index is 0.251. The van der Waals surface area contributed by atoms with Gasteiger partial charge in [0.05, 0.1) is 0 Å². The summed E-state index contributed by atoms with van der Waals surface area (Å²) >= 11 is 0. The molecule has 0 bridgehead atoms. The minimum Gasteiger partial charge on any atom is -0.356 e. The van der Waals surface area contributed by atoms with E-state index < -0.39 is 0 Å². The summed E-state index contributed by atoms with van der Waals surface area (Å²) in [6.45, 7) is 11.2. The molecule has 0 heterocycles. The van der Waals surface area contributed by atoms with Crippen LogP contribution in [0.5, 0.6) is 0 Å².